The molecule has 1 atom stereocenters. The third kappa shape index (κ3) is 4.26. The minimum atomic E-state index is -0.436. The van der Waals surface area contributed by atoms with Crippen LogP contribution in [0.15, 0.2) is 12.4 Å². The molecule has 0 radical (unpaired) electrons. The zero-order valence-electron chi connectivity index (χ0n) is 10.4. The van der Waals surface area contributed by atoms with Gasteiger partial charge in [0.15, 0.2) is 0 Å². The van der Waals surface area contributed by atoms with Crippen molar-refractivity contribution in [1.82, 2.24) is 9.97 Å². The molecule has 0 amide bonds. The SMILES string of the molecule is CCCNc1cc(NC(C)C(=O)OC)ncn1. The van der Waals surface area contributed by atoms with Gasteiger partial charge in [-0.1, -0.05) is 6.92 Å². The first-order valence-electron chi connectivity index (χ1n) is 5.57. The highest BCUT2D eigenvalue weighted by atomic mass is 16.5. The van der Waals surface area contributed by atoms with E-state index >= 15 is 0 Å². The van der Waals surface area contributed by atoms with E-state index in [0.29, 0.717) is 5.82 Å². The van der Waals surface area contributed by atoms with Crippen LogP contribution in [0.4, 0.5) is 11.6 Å². The standard InChI is InChI=1S/C11H18N4O2/c1-4-5-12-9-6-10(14-7-13-9)15-8(2)11(16)17-3/h6-8H,4-5H2,1-3H3,(H2,12,13,14,15). The lowest BCUT2D eigenvalue weighted by Gasteiger charge is -2.12. The molecule has 0 aromatic carbocycles. The molecule has 1 aromatic rings. The van der Waals surface area contributed by atoms with Gasteiger partial charge in [-0.25, -0.2) is 14.8 Å². The molecule has 94 valence electrons. The summed E-state index contributed by atoms with van der Waals surface area (Å²) < 4.78 is 4.62. The number of hydrogen-bond donors (Lipinski definition) is 2. The number of nitrogens with one attached hydrogen (secondary N) is 2. The van der Waals surface area contributed by atoms with Crippen LogP contribution >= 0.6 is 0 Å². The molecule has 6 heteroatoms. The lowest BCUT2D eigenvalue weighted by molar-refractivity contribution is -0.141. The zero-order valence-corrected chi connectivity index (χ0v) is 10.4. The van der Waals surface area contributed by atoms with Crippen LogP contribution in [0.1, 0.15) is 20.3 Å². The molecule has 1 aromatic heterocycles. The number of aromatic nitrogens is 2. The number of nitrogens with zero attached hydrogens (tertiary/aromatic N) is 2. The van der Waals surface area contributed by atoms with E-state index < -0.39 is 6.04 Å². The van der Waals surface area contributed by atoms with Crippen molar-refractivity contribution in [2.45, 2.75) is 26.3 Å². The lowest BCUT2D eigenvalue weighted by atomic mass is 10.3. The van der Waals surface area contributed by atoms with Crippen molar-refractivity contribution in [3.8, 4) is 0 Å². The number of esters is 1. The van der Waals surface area contributed by atoms with E-state index in [-0.39, 0.29) is 5.97 Å². The highest BCUT2D eigenvalue weighted by Gasteiger charge is 2.13. The van der Waals surface area contributed by atoms with Crippen LogP contribution in [0.3, 0.4) is 0 Å². The second-order valence-electron chi connectivity index (χ2n) is 3.60. The number of hydrogen-bond acceptors (Lipinski definition) is 6. The Kier molecular flexibility index (Phi) is 5.19. The molecule has 0 aliphatic carbocycles. The van der Waals surface area contributed by atoms with E-state index in [9.17, 15) is 4.79 Å². The summed E-state index contributed by atoms with van der Waals surface area (Å²) in [6, 6.07) is 1.32. The monoisotopic (exact) mass is 238 g/mol. The summed E-state index contributed by atoms with van der Waals surface area (Å²) in [6.07, 6.45) is 2.47. The van der Waals surface area contributed by atoms with Crippen molar-refractivity contribution in [1.29, 1.82) is 0 Å². The molecule has 0 fully saturated rings. The van der Waals surface area contributed by atoms with Gasteiger partial charge in [0, 0.05) is 12.6 Å². The summed E-state index contributed by atoms with van der Waals surface area (Å²) >= 11 is 0. The Bertz CT molecular complexity index is 370. The van der Waals surface area contributed by atoms with Crippen LogP contribution in [0.2, 0.25) is 0 Å². The lowest BCUT2D eigenvalue weighted by Crippen LogP contribution is -2.27. The highest BCUT2D eigenvalue weighted by Crippen LogP contribution is 2.10. The van der Waals surface area contributed by atoms with Crippen molar-refractivity contribution in [2.24, 2.45) is 0 Å². The molecule has 0 bridgehead atoms. The van der Waals surface area contributed by atoms with Crippen LogP contribution in [0, 0.1) is 0 Å². The molecule has 6 nitrogen and oxygen atoms in total. The van der Waals surface area contributed by atoms with Crippen LogP contribution in [0.5, 0.6) is 0 Å². The van der Waals surface area contributed by atoms with E-state index in [1.54, 1.807) is 13.0 Å². The number of rotatable bonds is 6. The zero-order chi connectivity index (χ0) is 12.7. The molecule has 1 rings (SSSR count). The Morgan fingerprint density at radius 3 is 2.82 bits per heavy atom. The van der Waals surface area contributed by atoms with E-state index in [4.69, 9.17) is 0 Å². The van der Waals surface area contributed by atoms with Crippen molar-refractivity contribution in [3.63, 3.8) is 0 Å². The van der Waals surface area contributed by atoms with Gasteiger partial charge in [0.25, 0.3) is 0 Å². The Hall–Kier alpha value is -1.85. The summed E-state index contributed by atoms with van der Waals surface area (Å²) in [4.78, 5) is 19.3. The number of ether oxygens (including phenoxy) is 1. The highest BCUT2D eigenvalue weighted by molar-refractivity contribution is 5.78. The van der Waals surface area contributed by atoms with E-state index in [1.807, 2.05) is 0 Å². The smallest absolute Gasteiger partial charge is 0.328 e. The molecular formula is C11H18N4O2. The Morgan fingerprint density at radius 1 is 1.47 bits per heavy atom. The molecule has 0 aliphatic rings. The van der Waals surface area contributed by atoms with Crippen molar-refractivity contribution < 1.29 is 9.53 Å². The maximum absolute atomic E-state index is 11.2. The van der Waals surface area contributed by atoms with Gasteiger partial charge in [-0.2, -0.15) is 0 Å². The first-order valence-corrected chi connectivity index (χ1v) is 5.57. The van der Waals surface area contributed by atoms with Gasteiger partial charge in [-0.15, -0.1) is 0 Å². The largest absolute Gasteiger partial charge is 0.467 e. The Balaban J connectivity index is 2.62. The third-order valence-corrected chi connectivity index (χ3v) is 2.14. The summed E-state index contributed by atoms with van der Waals surface area (Å²) in [7, 11) is 1.36. The normalized spacial score (nSPS) is 11.7. The van der Waals surface area contributed by atoms with Crippen molar-refractivity contribution in [3.05, 3.63) is 12.4 Å². The van der Waals surface area contributed by atoms with Gasteiger partial charge < -0.3 is 15.4 Å². The van der Waals surface area contributed by atoms with Gasteiger partial charge in [0.2, 0.25) is 0 Å². The fourth-order valence-electron chi connectivity index (χ4n) is 1.24. The maximum atomic E-state index is 11.2. The van der Waals surface area contributed by atoms with Gasteiger partial charge in [0.1, 0.15) is 24.0 Å². The molecule has 1 heterocycles. The average molecular weight is 238 g/mol. The number of anilines is 2. The first kappa shape index (κ1) is 13.2. The second-order valence-corrected chi connectivity index (χ2v) is 3.60. The Labute approximate surface area is 101 Å². The molecule has 0 aliphatic heterocycles. The predicted molar refractivity (Wildman–Crippen MR) is 65.9 cm³/mol. The molecular weight excluding hydrogens is 220 g/mol. The van der Waals surface area contributed by atoms with Crippen LogP contribution in [0.25, 0.3) is 0 Å². The van der Waals surface area contributed by atoms with Crippen molar-refractivity contribution in [2.75, 3.05) is 24.3 Å². The van der Waals surface area contributed by atoms with Crippen LogP contribution in [-0.4, -0.2) is 35.6 Å². The van der Waals surface area contributed by atoms with Crippen LogP contribution < -0.4 is 10.6 Å². The van der Waals surface area contributed by atoms with Gasteiger partial charge in [0.05, 0.1) is 7.11 Å². The fraction of sp³-hybridized carbons (Fsp3) is 0.545. The fourth-order valence-corrected chi connectivity index (χ4v) is 1.24. The molecule has 0 saturated carbocycles. The quantitative estimate of drug-likeness (QED) is 0.727. The molecule has 0 spiro atoms. The maximum Gasteiger partial charge on any atom is 0.328 e. The molecule has 17 heavy (non-hydrogen) atoms. The topological polar surface area (TPSA) is 76.1 Å². The second kappa shape index (κ2) is 6.67. The van der Waals surface area contributed by atoms with Gasteiger partial charge >= 0.3 is 5.97 Å². The molecule has 2 N–H and O–H groups in total. The summed E-state index contributed by atoms with van der Waals surface area (Å²) in [5, 5.41) is 6.09. The summed E-state index contributed by atoms with van der Waals surface area (Å²) in [6.45, 7) is 4.64. The van der Waals surface area contributed by atoms with Crippen LogP contribution in [-0.2, 0) is 9.53 Å². The van der Waals surface area contributed by atoms with E-state index in [1.165, 1.54) is 13.4 Å². The Morgan fingerprint density at radius 2 is 2.18 bits per heavy atom. The third-order valence-electron chi connectivity index (χ3n) is 2.14. The molecule has 0 saturated heterocycles. The molecule has 1 unspecified atom stereocenters. The number of carbonyl (C=O) groups excluding carboxylic acids is 1. The van der Waals surface area contributed by atoms with Gasteiger partial charge in [-0.05, 0) is 13.3 Å². The minimum Gasteiger partial charge on any atom is -0.467 e. The summed E-state index contributed by atoms with van der Waals surface area (Å²) in [5.41, 5.74) is 0. The van der Waals surface area contributed by atoms with Crippen molar-refractivity contribution >= 4 is 17.6 Å². The first-order chi connectivity index (χ1) is 8.17. The number of carbonyl (C=O) groups is 1. The summed E-state index contributed by atoms with van der Waals surface area (Å²) in [5.74, 6) is 1.00. The van der Waals surface area contributed by atoms with E-state index in [0.717, 1.165) is 18.8 Å². The van der Waals surface area contributed by atoms with E-state index in [2.05, 4.69) is 32.3 Å². The average Bonchev–Trinajstić information content (AvgIpc) is 2.35. The van der Waals surface area contributed by atoms with Gasteiger partial charge in [-0.3, -0.25) is 0 Å². The predicted octanol–water partition coefficient (Wildman–Crippen LogP) is 1.27. The number of methoxy groups -OCH3 is 1. The minimum absolute atomic E-state index is 0.327.